The van der Waals surface area contributed by atoms with Gasteiger partial charge < -0.3 is 20.0 Å². The topological polar surface area (TPSA) is 70.3 Å². The number of nitrogens with one attached hydrogen (secondary N) is 1. The van der Waals surface area contributed by atoms with Gasteiger partial charge >= 0.3 is 13.2 Å². The van der Waals surface area contributed by atoms with Crippen molar-refractivity contribution in [3.05, 3.63) is 118 Å². The van der Waals surface area contributed by atoms with Crippen LogP contribution in [0.1, 0.15) is 42.0 Å². The van der Waals surface area contributed by atoms with Gasteiger partial charge in [0.1, 0.15) is 5.82 Å². The lowest BCUT2D eigenvalue weighted by Gasteiger charge is -2.28. The number of nitrogens with zero attached hydrogens (tertiary/aromatic N) is 2. The molecule has 2 aromatic heterocycles. The summed E-state index contributed by atoms with van der Waals surface area (Å²) < 4.78 is 88.4. The Kier molecular flexibility index (Phi) is 8.89. The Morgan fingerprint density at radius 2 is 1.49 bits per heavy atom. The van der Waals surface area contributed by atoms with Crippen LogP contribution in [0.3, 0.4) is 0 Å². The molecule has 1 unspecified atom stereocenters. The molecule has 216 valence electrons. The monoisotopic (exact) mass is 577 g/mol. The zero-order valence-electron chi connectivity index (χ0n) is 21.8. The number of hydrogen-bond acceptors (Lipinski definition) is 5. The Hall–Kier alpha value is -4.48. The van der Waals surface area contributed by atoms with Crippen molar-refractivity contribution in [1.82, 2.24) is 4.98 Å². The molecular formula is C29H25F6N3O3. The molecule has 12 heteroatoms. The molecule has 2 aromatic carbocycles. The summed E-state index contributed by atoms with van der Waals surface area (Å²) in [5.41, 5.74) is 1.45. The molecule has 0 fully saturated rings. The highest BCUT2D eigenvalue weighted by Gasteiger charge is 2.24. The summed E-state index contributed by atoms with van der Waals surface area (Å²) in [6.07, 6.45) is 4.45. The number of pyridine rings is 2. The van der Waals surface area contributed by atoms with E-state index in [0.29, 0.717) is 33.7 Å². The van der Waals surface area contributed by atoms with Gasteiger partial charge in [0.2, 0.25) is 0 Å². The van der Waals surface area contributed by atoms with Gasteiger partial charge in [-0.25, -0.2) is 13.8 Å². The maximum Gasteiger partial charge on any atom is 0.387 e. The molecule has 2 heterocycles. The summed E-state index contributed by atoms with van der Waals surface area (Å²) in [5.74, 6) is -3.17. The lowest BCUT2D eigenvalue weighted by Crippen LogP contribution is -2.28. The molecule has 0 spiro atoms. The molecule has 41 heavy (non-hydrogen) atoms. The van der Waals surface area contributed by atoms with Crippen LogP contribution in [0.4, 0.5) is 32.2 Å². The molecule has 0 bridgehead atoms. The molecule has 0 radical (unpaired) electrons. The molecule has 1 N–H and O–H groups in total. The number of hydrogen-bond donors (Lipinski definition) is 1. The Morgan fingerprint density at radius 3 is 2.10 bits per heavy atom. The Morgan fingerprint density at radius 1 is 0.829 bits per heavy atom. The zero-order chi connectivity index (χ0) is 29.7. The molecular weight excluding hydrogens is 552 g/mol. The average Bonchev–Trinajstić information content (AvgIpc) is 2.91. The summed E-state index contributed by atoms with van der Waals surface area (Å²) in [6.45, 7) is -3.00. The van der Waals surface area contributed by atoms with Crippen LogP contribution in [0.15, 0.2) is 79.3 Å². The van der Waals surface area contributed by atoms with E-state index in [1.807, 2.05) is 0 Å². The van der Waals surface area contributed by atoms with Crippen molar-refractivity contribution in [3.8, 4) is 11.5 Å². The van der Waals surface area contributed by atoms with E-state index in [2.05, 4.69) is 19.8 Å². The van der Waals surface area contributed by atoms with Gasteiger partial charge in [0.25, 0.3) is 0 Å². The fraction of sp³-hybridized carbons (Fsp3) is 0.241. The zero-order valence-corrected chi connectivity index (χ0v) is 21.8. The fourth-order valence-electron chi connectivity index (χ4n) is 4.33. The van der Waals surface area contributed by atoms with E-state index in [1.165, 1.54) is 30.6 Å². The second-order valence-electron chi connectivity index (χ2n) is 9.64. The first-order valence-electron chi connectivity index (χ1n) is 12.3. The van der Waals surface area contributed by atoms with Crippen LogP contribution in [-0.2, 0) is 12.0 Å². The van der Waals surface area contributed by atoms with Crippen LogP contribution < -0.4 is 19.5 Å². The summed E-state index contributed by atoms with van der Waals surface area (Å²) in [6, 6.07) is 13.9. The van der Waals surface area contributed by atoms with E-state index in [-0.39, 0.29) is 0 Å². The maximum absolute atomic E-state index is 13.8. The molecule has 0 aliphatic heterocycles. The Balaban J connectivity index is 1.67. The molecule has 6 nitrogen and oxygen atoms in total. The molecule has 0 saturated carbocycles. The van der Waals surface area contributed by atoms with Crippen molar-refractivity contribution >= 4 is 5.82 Å². The highest BCUT2D eigenvalue weighted by molar-refractivity contribution is 5.48. The molecule has 0 amide bonds. The van der Waals surface area contributed by atoms with E-state index in [9.17, 15) is 31.5 Å². The maximum atomic E-state index is 13.8. The Labute approximate surface area is 231 Å². The van der Waals surface area contributed by atoms with Crippen molar-refractivity contribution in [1.29, 1.82) is 0 Å². The highest BCUT2D eigenvalue weighted by Crippen LogP contribution is 2.37. The third kappa shape index (κ3) is 7.59. The molecule has 0 aliphatic carbocycles. The summed E-state index contributed by atoms with van der Waals surface area (Å²) in [4.78, 5) is 4.45. The normalized spacial score (nSPS) is 12.4. The van der Waals surface area contributed by atoms with Gasteiger partial charge in [-0.1, -0.05) is 18.2 Å². The van der Waals surface area contributed by atoms with E-state index in [1.54, 1.807) is 44.3 Å². The third-order valence-corrected chi connectivity index (χ3v) is 6.38. The quantitative estimate of drug-likeness (QED) is 0.119. The van der Waals surface area contributed by atoms with Gasteiger partial charge in [-0.05, 0) is 72.9 Å². The predicted molar refractivity (Wildman–Crippen MR) is 138 cm³/mol. The van der Waals surface area contributed by atoms with Gasteiger partial charge in [0, 0.05) is 24.2 Å². The SMILES string of the molecule is CC(C)(Nc1ccc(C(Cc2cc[n+]([O-])cc2)c2ccc(OC(F)F)c(OC(F)F)c2)cn1)c1ccc(F)c(F)c1. The minimum Gasteiger partial charge on any atom is -0.619 e. The van der Waals surface area contributed by atoms with Crippen LogP contribution >= 0.6 is 0 Å². The number of benzene rings is 2. The molecule has 4 aromatic rings. The van der Waals surface area contributed by atoms with Crippen molar-refractivity contribution < 1.29 is 40.5 Å². The second-order valence-corrected chi connectivity index (χ2v) is 9.64. The first kappa shape index (κ1) is 29.5. The van der Waals surface area contributed by atoms with E-state index in [0.717, 1.165) is 23.8 Å². The number of alkyl halides is 4. The smallest absolute Gasteiger partial charge is 0.387 e. The van der Waals surface area contributed by atoms with Crippen LogP contribution in [0.5, 0.6) is 11.5 Å². The van der Waals surface area contributed by atoms with E-state index < -0.39 is 47.8 Å². The van der Waals surface area contributed by atoms with Crippen molar-refractivity contribution in [2.24, 2.45) is 0 Å². The number of aromatic nitrogens is 2. The van der Waals surface area contributed by atoms with Crippen molar-refractivity contribution in [3.63, 3.8) is 0 Å². The number of rotatable bonds is 11. The van der Waals surface area contributed by atoms with Gasteiger partial charge in [-0.2, -0.15) is 22.3 Å². The van der Waals surface area contributed by atoms with Crippen LogP contribution in [0, 0.1) is 16.8 Å². The van der Waals surface area contributed by atoms with Gasteiger partial charge in [0.05, 0.1) is 5.54 Å². The number of anilines is 1. The largest absolute Gasteiger partial charge is 0.619 e. The summed E-state index contributed by atoms with van der Waals surface area (Å²) >= 11 is 0. The molecule has 0 aliphatic rings. The first-order valence-corrected chi connectivity index (χ1v) is 12.3. The third-order valence-electron chi connectivity index (χ3n) is 6.38. The average molecular weight is 578 g/mol. The highest BCUT2D eigenvalue weighted by atomic mass is 19.3. The summed E-state index contributed by atoms with van der Waals surface area (Å²) in [5, 5.41) is 14.7. The second kappa shape index (κ2) is 12.4. The fourth-order valence-corrected chi connectivity index (χ4v) is 4.33. The van der Waals surface area contributed by atoms with Crippen molar-refractivity contribution in [2.75, 3.05) is 5.32 Å². The van der Waals surface area contributed by atoms with E-state index >= 15 is 0 Å². The standard InChI is InChI=1S/C29H25F6N3O3/c1-29(2,20-5-6-22(30)23(31)15-20)37-26-8-4-19(16-36-26)21(13-17-9-11-38(39)12-10-17)18-3-7-24(40-27(32)33)25(14-18)41-28(34)35/h3-12,14-16,21,27-28H,13H2,1-2H3,(H,36,37). The minimum atomic E-state index is -3.28. The predicted octanol–water partition coefficient (Wildman–Crippen LogP) is 6.92. The van der Waals surface area contributed by atoms with Gasteiger partial charge in [0.15, 0.2) is 35.5 Å². The molecule has 4 rings (SSSR count). The van der Waals surface area contributed by atoms with Crippen LogP contribution in [-0.4, -0.2) is 18.2 Å². The van der Waals surface area contributed by atoms with Crippen molar-refractivity contribution in [2.45, 2.75) is 44.9 Å². The van der Waals surface area contributed by atoms with Gasteiger partial charge in [-0.15, -0.1) is 0 Å². The van der Waals surface area contributed by atoms with Crippen LogP contribution in [0.2, 0.25) is 0 Å². The summed E-state index contributed by atoms with van der Waals surface area (Å²) in [7, 11) is 0. The Bertz CT molecular complexity index is 1470. The first-order chi connectivity index (χ1) is 19.4. The van der Waals surface area contributed by atoms with Crippen LogP contribution in [0.25, 0.3) is 0 Å². The molecule has 0 saturated heterocycles. The number of ether oxygens (including phenoxy) is 2. The van der Waals surface area contributed by atoms with E-state index in [4.69, 9.17) is 0 Å². The van der Waals surface area contributed by atoms with Gasteiger partial charge in [-0.3, -0.25) is 0 Å². The lowest BCUT2D eigenvalue weighted by molar-refractivity contribution is -0.605. The number of halogens is 6. The lowest BCUT2D eigenvalue weighted by atomic mass is 9.86. The molecule has 1 atom stereocenters. The minimum absolute atomic E-state index is 0.290.